The van der Waals surface area contributed by atoms with Crippen LogP contribution in [0.25, 0.3) is 0 Å². The summed E-state index contributed by atoms with van der Waals surface area (Å²) in [4.78, 5) is 6.73. The van der Waals surface area contributed by atoms with Gasteiger partial charge in [0.15, 0.2) is 5.96 Å². The second-order valence-electron chi connectivity index (χ2n) is 6.64. The molecule has 134 valence electrons. The quantitative estimate of drug-likeness (QED) is 0.610. The third-order valence-electron chi connectivity index (χ3n) is 4.41. The van der Waals surface area contributed by atoms with Gasteiger partial charge in [0.05, 0.1) is 12.8 Å². The molecule has 1 aromatic carbocycles. The Morgan fingerprint density at radius 1 is 1.42 bits per heavy atom. The summed E-state index contributed by atoms with van der Waals surface area (Å²) < 4.78 is 5.67. The predicted molar refractivity (Wildman–Crippen MR) is 106 cm³/mol. The van der Waals surface area contributed by atoms with Crippen LogP contribution in [0.5, 0.6) is 5.75 Å². The van der Waals surface area contributed by atoms with Gasteiger partial charge < -0.3 is 20.3 Å². The number of hydrogen-bond acceptors (Lipinski definition) is 4. The first-order chi connectivity index (χ1) is 11.5. The molecule has 6 heteroatoms. The van der Waals surface area contributed by atoms with Crippen molar-refractivity contribution in [3.05, 3.63) is 24.3 Å². The zero-order valence-electron chi connectivity index (χ0n) is 15.4. The molecular weight excluding hydrogens is 320 g/mol. The van der Waals surface area contributed by atoms with Gasteiger partial charge in [-0.05, 0) is 38.7 Å². The van der Waals surface area contributed by atoms with Crippen LogP contribution in [0.2, 0.25) is 0 Å². The Hall–Kier alpha value is -1.56. The maximum Gasteiger partial charge on any atom is 0.191 e. The molecular formula is C18H30N4OS. The molecule has 1 aliphatic rings. The lowest BCUT2D eigenvalue weighted by Crippen LogP contribution is -2.47. The van der Waals surface area contributed by atoms with Crippen LogP contribution in [-0.4, -0.2) is 56.8 Å². The van der Waals surface area contributed by atoms with E-state index in [-0.39, 0.29) is 4.75 Å². The van der Waals surface area contributed by atoms with Gasteiger partial charge in [-0.1, -0.05) is 12.1 Å². The van der Waals surface area contributed by atoms with E-state index in [4.69, 9.17) is 4.74 Å². The summed E-state index contributed by atoms with van der Waals surface area (Å²) in [5.74, 6) is 1.81. The standard InChI is InChI=1S/C18H30N4OS/c1-18(2,24-5)13-20-17(19-3)21-14-10-11-22(12-14)15-8-6-7-9-16(15)23-4/h6-9,14H,10-13H2,1-5H3,(H2,19,20,21). The minimum absolute atomic E-state index is 0.191. The van der Waals surface area contributed by atoms with Crippen molar-refractivity contribution in [2.24, 2.45) is 4.99 Å². The number of aliphatic imine (C=N–C) groups is 1. The molecule has 1 unspecified atom stereocenters. The highest BCUT2D eigenvalue weighted by Gasteiger charge is 2.25. The van der Waals surface area contributed by atoms with Crippen molar-refractivity contribution in [2.45, 2.75) is 31.1 Å². The molecule has 1 fully saturated rings. The number of anilines is 1. The average Bonchev–Trinajstić information content (AvgIpc) is 3.06. The van der Waals surface area contributed by atoms with E-state index in [9.17, 15) is 0 Å². The summed E-state index contributed by atoms with van der Waals surface area (Å²) in [5.41, 5.74) is 1.16. The monoisotopic (exact) mass is 350 g/mol. The Bertz CT molecular complexity index is 562. The highest BCUT2D eigenvalue weighted by atomic mass is 32.2. The molecule has 1 aromatic rings. The molecule has 5 nitrogen and oxygen atoms in total. The van der Waals surface area contributed by atoms with Crippen LogP contribution in [0.15, 0.2) is 29.3 Å². The van der Waals surface area contributed by atoms with Gasteiger partial charge in [-0.2, -0.15) is 11.8 Å². The topological polar surface area (TPSA) is 48.9 Å². The van der Waals surface area contributed by atoms with Crippen molar-refractivity contribution >= 4 is 23.4 Å². The highest BCUT2D eigenvalue weighted by molar-refractivity contribution is 7.99. The van der Waals surface area contributed by atoms with Gasteiger partial charge in [-0.25, -0.2) is 0 Å². The molecule has 0 radical (unpaired) electrons. The summed E-state index contributed by atoms with van der Waals surface area (Å²) in [6.07, 6.45) is 3.23. The van der Waals surface area contributed by atoms with Crippen LogP contribution in [0.1, 0.15) is 20.3 Å². The molecule has 1 saturated heterocycles. The number of thioether (sulfide) groups is 1. The first kappa shape index (κ1) is 18.8. The molecule has 0 amide bonds. The number of methoxy groups -OCH3 is 1. The Kier molecular flexibility index (Phi) is 6.66. The van der Waals surface area contributed by atoms with Crippen molar-refractivity contribution in [1.82, 2.24) is 10.6 Å². The van der Waals surface area contributed by atoms with E-state index in [2.05, 4.69) is 52.8 Å². The molecule has 1 atom stereocenters. The van der Waals surface area contributed by atoms with E-state index in [0.717, 1.165) is 43.5 Å². The SMILES string of the molecule is CN=C(NCC(C)(C)SC)NC1CCN(c2ccccc2OC)C1. The lowest BCUT2D eigenvalue weighted by Gasteiger charge is -2.25. The average molecular weight is 351 g/mol. The molecule has 0 aliphatic carbocycles. The number of nitrogens with one attached hydrogen (secondary N) is 2. The normalized spacial score (nSPS) is 18.6. The summed E-state index contributed by atoms with van der Waals surface area (Å²) in [6.45, 7) is 7.32. The number of ether oxygens (including phenoxy) is 1. The molecule has 1 heterocycles. The zero-order valence-corrected chi connectivity index (χ0v) is 16.2. The first-order valence-corrected chi connectivity index (χ1v) is 9.62. The number of benzene rings is 1. The minimum Gasteiger partial charge on any atom is -0.495 e. The summed E-state index contributed by atoms with van der Waals surface area (Å²) in [5, 5.41) is 6.99. The van der Waals surface area contributed by atoms with E-state index in [1.165, 1.54) is 0 Å². The molecule has 0 bridgehead atoms. The Morgan fingerprint density at radius 3 is 2.83 bits per heavy atom. The molecule has 0 saturated carbocycles. The largest absolute Gasteiger partial charge is 0.495 e. The van der Waals surface area contributed by atoms with Crippen LogP contribution in [0.4, 0.5) is 5.69 Å². The molecule has 2 rings (SSSR count). The van der Waals surface area contributed by atoms with Crippen molar-refractivity contribution < 1.29 is 4.74 Å². The smallest absolute Gasteiger partial charge is 0.191 e. The number of nitrogens with zero attached hydrogens (tertiary/aromatic N) is 2. The minimum atomic E-state index is 0.191. The second kappa shape index (κ2) is 8.51. The maximum atomic E-state index is 5.48. The van der Waals surface area contributed by atoms with Crippen LogP contribution in [0, 0.1) is 0 Å². The molecule has 0 aromatic heterocycles. The van der Waals surface area contributed by atoms with E-state index in [1.807, 2.05) is 30.9 Å². The van der Waals surface area contributed by atoms with Gasteiger partial charge in [-0.3, -0.25) is 4.99 Å². The second-order valence-corrected chi connectivity index (χ2v) is 8.15. The van der Waals surface area contributed by atoms with E-state index < -0.39 is 0 Å². The summed E-state index contributed by atoms with van der Waals surface area (Å²) >= 11 is 1.86. The van der Waals surface area contributed by atoms with Crippen LogP contribution in [0.3, 0.4) is 0 Å². The number of guanidine groups is 1. The lowest BCUT2D eigenvalue weighted by atomic mass is 10.2. The van der Waals surface area contributed by atoms with Gasteiger partial charge in [-0.15, -0.1) is 0 Å². The summed E-state index contributed by atoms with van der Waals surface area (Å²) in [6, 6.07) is 8.59. The highest BCUT2D eigenvalue weighted by Crippen LogP contribution is 2.30. The molecule has 2 N–H and O–H groups in total. The Balaban J connectivity index is 1.91. The van der Waals surface area contributed by atoms with Crippen LogP contribution >= 0.6 is 11.8 Å². The fourth-order valence-electron chi connectivity index (χ4n) is 2.74. The fraction of sp³-hybridized carbons (Fsp3) is 0.611. The number of hydrogen-bond donors (Lipinski definition) is 2. The van der Waals surface area contributed by atoms with Gasteiger partial charge in [0.1, 0.15) is 5.75 Å². The zero-order chi connectivity index (χ0) is 17.6. The third kappa shape index (κ3) is 4.97. The van der Waals surface area contributed by atoms with Gasteiger partial charge >= 0.3 is 0 Å². The number of para-hydroxylation sites is 2. The van der Waals surface area contributed by atoms with E-state index in [0.29, 0.717) is 6.04 Å². The first-order valence-electron chi connectivity index (χ1n) is 8.39. The van der Waals surface area contributed by atoms with Gasteiger partial charge in [0.2, 0.25) is 0 Å². The number of rotatable bonds is 6. The van der Waals surface area contributed by atoms with Crippen LogP contribution in [-0.2, 0) is 0 Å². The lowest BCUT2D eigenvalue weighted by molar-refractivity contribution is 0.415. The van der Waals surface area contributed by atoms with Crippen molar-refractivity contribution in [1.29, 1.82) is 0 Å². The van der Waals surface area contributed by atoms with E-state index >= 15 is 0 Å². The van der Waals surface area contributed by atoms with Crippen LogP contribution < -0.4 is 20.3 Å². The van der Waals surface area contributed by atoms with E-state index in [1.54, 1.807) is 7.11 Å². The summed E-state index contributed by atoms with van der Waals surface area (Å²) in [7, 11) is 3.55. The van der Waals surface area contributed by atoms with Gasteiger partial charge in [0, 0.05) is 37.5 Å². The third-order valence-corrected chi connectivity index (χ3v) is 5.66. The van der Waals surface area contributed by atoms with Gasteiger partial charge in [0.25, 0.3) is 0 Å². The Morgan fingerprint density at radius 2 is 2.17 bits per heavy atom. The maximum absolute atomic E-state index is 5.48. The molecule has 0 spiro atoms. The Labute approximate surface area is 150 Å². The molecule has 1 aliphatic heterocycles. The fourth-order valence-corrected chi connectivity index (χ4v) is 2.96. The van der Waals surface area contributed by atoms with Crippen molar-refractivity contribution in [2.75, 3.05) is 44.9 Å². The predicted octanol–water partition coefficient (Wildman–Crippen LogP) is 2.58. The van der Waals surface area contributed by atoms with Crippen molar-refractivity contribution in [3.63, 3.8) is 0 Å². The van der Waals surface area contributed by atoms with Crippen molar-refractivity contribution in [3.8, 4) is 5.75 Å². The molecule has 24 heavy (non-hydrogen) atoms.